The number of thiophene rings is 1. The van der Waals surface area contributed by atoms with E-state index in [9.17, 15) is 18.8 Å². The van der Waals surface area contributed by atoms with Crippen LogP contribution < -0.4 is 16.4 Å². The Morgan fingerprint density at radius 1 is 1.10 bits per heavy atom. The van der Waals surface area contributed by atoms with Gasteiger partial charge in [-0.1, -0.05) is 12.1 Å². The van der Waals surface area contributed by atoms with Crippen molar-refractivity contribution >= 4 is 34.9 Å². The second-order valence-corrected chi connectivity index (χ2v) is 10.4. The summed E-state index contributed by atoms with van der Waals surface area (Å²) < 4.78 is 24.6. The number of nitrogens with two attached hydrogens (primary N) is 1. The zero-order chi connectivity index (χ0) is 28.3. The summed E-state index contributed by atoms with van der Waals surface area (Å²) in [5, 5.41) is 14.7. The summed E-state index contributed by atoms with van der Waals surface area (Å²) in [4.78, 5) is 44.9. The van der Waals surface area contributed by atoms with Gasteiger partial charge in [-0.05, 0) is 35.9 Å². The second-order valence-electron chi connectivity index (χ2n) is 9.41. The van der Waals surface area contributed by atoms with Crippen LogP contribution in [0.2, 0.25) is 0 Å². The number of nitrogens with one attached hydrogen (secondary N) is 3. The van der Waals surface area contributed by atoms with E-state index in [2.05, 4.69) is 15.6 Å². The van der Waals surface area contributed by atoms with Gasteiger partial charge in [0.05, 0.1) is 32.8 Å². The van der Waals surface area contributed by atoms with Crippen molar-refractivity contribution in [3.8, 4) is 11.1 Å². The summed E-state index contributed by atoms with van der Waals surface area (Å²) >= 11 is 1.37. The number of carbonyl (C=O) groups is 3. The van der Waals surface area contributed by atoms with E-state index in [-0.39, 0.29) is 37.8 Å². The molecule has 2 saturated heterocycles. The fraction of sp³-hybridized carbons (Fsp3) is 0.296. The van der Waals surface area contributed by atoms with Gasteiger partial charge in [0.25, 0.3) is 5.91 Å². The Morgan fingerprint density at radius 2 is 1.82 bits per heavy atom. The fourth-order valence-corrected chi connectivity index (χ4v) is 5.49. The van der Waals surface area contributed by atoms with Crippen LogP contribution in [0.5, 0.6) is 0 Å². The van der Waals surface area contributed by atoms with Crippen molar-refractivity contribution < 1.29 is 28.2 Å². The van der Waals surface area contributed by atoms with E-state index in [1.54, 1.807) is 41.8 Å². The van der Waals surface area contributed by atoms with Crippen LogP contribution in [0.1, 0.15) is 27.2 Å². The van der Waals surface area contributed by atoms with E-state index in [0.717, 1.165) is 10.4 Å². The number of nitrogens with zero attached hydrogens (tertiary/aromatic N) is 2. The molecule has 0 saturated carbocycles. The molecule has 40 heavy (non-hydrogen) atoms. The van der Waals surface area contributed by atoms with Gasteiger partial charge in [0.2, 0.25) is 17.8 Å². The lowest BCUT2D eigenvalue weighted by atomic mass is 10.1. The number of nitrogen functional groups attached to an aromatic ring is 1. The highest BCUT2D eigenvalue weighted by Gasteiger charge is 2.52. The van der Waals surface area contributed by atoms with Crippen molar-refractivity contribution in [1.29, 1.82) is 5.41 Å². The third kappa shape index (κ3) is 6.01. The average Bonchev–Trinajstić information content (AvgIpc) is 3.71. The first-order valence-electron chi connectivity index (χ1n) is 12.5. The van der Waals surface area contributed by atoms with E-state index < -0.39 is 29.6 Å². The molecular weight excluding hydrogens is 539 g/mol. The zero-order valence-electron chi connectivity index (χ0n) is 21.3. The van der Waals surface area contributed by atoms with E-state index in [4.69, 9.17) is 20.6 Å². The van der Waals surface area contributed by atoms with Crippen LogP contribution in [0.4, 0.5) is 4.39 Å². The molecule has 208 valence electrons. The molecular formula is C27H27FN6O5S. The highest BCUT2D eigenvalue weighted by Crippen LogP contribution is 2.35. The summed E-state index contributed by atoms with van der Waals surface area (Å²) in [5.74, 6) is -2.98. The summed E-state index contributed by atoms with van der Waals surface area (Å²) in [6.45, 7) is 0.674. The monoisotopic (exact) mass is 566 g/mol. The molecule has 3 amide bonds. The third-order valence-corrected chi connectivity index (χ3v) is 7.67. The number of amides is 3. The number of rotatable bonds is 8. The molecule has 4 heterocycles. The zero-order valence-corrected chi connectivity index (χ0v) is 22.1. The molecule has 13 heteroatoms. The molecule has 2 aliphatic rings. The molecule has 3 aromatic rings. The largest absolute Gasteiger partial charge is 0.384 e. The number of carbonyl (C=O) groups excluding carboxylic acids is 3. The first-order valence-corrected chi connectivity index (χ1v) is 13.4. The Labute approximate surface area is 233 Å². The maximum atomic E-state index is 13.2. The molecule has 0 aliphatic carbocycles. The Hall–Kier alpha value is -4.20. The van der Waals surface area contributed by atoms with Crippen LogP contribution in [0.3, 0.4) is 0 Å². The normalized spacial score (nSPS) is 17.6. The van der Waals surface area contributed by atoms with Crippen LogP contribution >= 0.6 is 11.3 Å². The molecule has 1 spiro atoms. The van der Waals surface area contributed by atoms with Crippen LogP contribution in [0, 0.1) is 11.4 Å². The number of benzene rings is 1. The predicted molar refractivity (Wildman–Crippen MR) is 144 cm³/mol. The van der Waals surface area contributed by atoms with Crippen molar-refractivity contribution in [2.24, 2.45) is 5.73 Å². The number of aromatic nitrogens is 1. The molecule has 0 radical (unpaired) electrons. The number of halogens is 1. The molecule has 2 aromatic heterocycles. The van der Waals surface area contributed by atoms with Crippen LogP contribution in [-0.2, 0) is 25.6 Å². The minimum Gasteiger partial charge on any atom is -0.384 e. The van der Waals surface area contributed by atoms with Crippen LogP contribution in [-0.4, -0.2) is 71.6 Å². The molecule has 5 N–H and O–H groups in total. The lowest BCUT2D eigenvalue weighted by Crippen LogP contribution is -2.49. The molecule has 1 atom stereocenters. The third-order valence-electron chi connectivity index (χ3n) is 6.74. The number of amidine groups is 1. The van der Waals surface area contributed by atoms with Gasteiger partial charge in [-0.15, -0.1) is 11.3 Å². The van der Waals surface area contributed by atoms with Crippen molar-refractivity contribution in [2.75, 3.05) is 26.3 Å². The Balaban J connectivity index is 1.20. The van der Waals surface area contributed by atoms with E-state index in [1.807, 2.05) is 0 Å². The van der Waals surface area contributed by atoms with Gasteiger partial charge in [0.15, 0.2) is 5.79 Å². The molecule has 0 bridgehead atoms. The standard InChI is InChI=1S/C27H27FN6O5S/c28-22-6-5-18(11-31-22)16-1-3-17(4-2-16)25(36)33-13-23(35)34-15-27(38-7-8-39-27)10-21(34)26(37)32-12-20-9-19(14-40-20)24(29)30/h1-6,9,11,14,21H,7-8,10,12-13,15H2,(H3,29,30)(H,32,37)(H,33,36). The predicted octanol–water partition coefficient (Wildman–Crippen LogP) is 1.62. The molecule has 11 nitrogen and oxygen atoms in total. The molecule has 1 aromatic carbocycles. The number of likely N-dealkylation sites (tertiary alicyclic amines) is 1. The summed E-state index contributed by atoms with van der Waals surface area (Å²) in [5.41, 5.74) is 7.88. The minimum absolute atomic E-state index is 0.0537. The molecule has 5 rings (SSSR count). The van der Waals surface area contributed by atoms with Gasteiger partial charge in [0.1, 0.15) is 11.9 Å². The van der Waals surface area contributed by atoms with Crippen molar-refractivity contribution in [1.82, 2.24) is 20.5 Å². The van der Waals surface area contributed by atoms with Crippen molar-refractivity contribution in [3.05, 3.63) is 76.0 Å². The molecule has 2 aliphatic heterocycles. The summed E-state index contributed by atoms with van der Waals surface area (Å²) in [6, 6.07) is 10.3. The van der Waals surface area contributed by atoms with Gasteiger partial charge in [-0.25, -0.2) is 4.98 Å². The van der Waals surface area contributed by atoms with E-state index in [0.29, 0.717) is 29.9 Å². The lowest BCUT2D eigenvalue weighted by molar-refractivity contribution is -0.152. The van der Waals surface area contributed by atoms with Gasteiger partial charge < -0.3 is 30.7 Å². The second kappa shape index (κ2) is 11.5. The van der Waals surface area contributed by atoms with Gasteiger partial charge in [-0.3, -0.25) is 19.8 Å². The lowest BCUT2D eigenvalue weighted by Gasteiger charge is -2.24. The topological polar surface area (TPSA) is 160 Å². The molecule has 1 unspecified atom stereocenters. The first kappa shape index (κ1) is 27.4. The number of hydrogen-bond acceptors (Lipinski definition) is 8. The van der Waals surface area contributed by atoms with Gasteiger partial charge >= 0.3 is 0 Å². The maximum absolute atomic E-state index is 13.2. The van der Waals surface area contributed by atoms with Crippen molar-refractivity contribution in [3.63, 3.8) is 0 Å². The molecule has 2 fully saturated rings. The number of pyridine rings is 1. The Morgan fingerprint density at radius 3 is 2.48 bits per heavy atom. The Kier molecular flexibility index (Phi) is 7.87. The average molecular weight is 567 g/mol. The summed E-state index contributed by atoms with van der Waals surface area (Å²) in [6.07, 6.45) is 1.57. The van der Waals surface area contributed by atoms with Gasteiger partial charge in [0, 0.05) is 39.6 Å². The first-order chi connectivity index (χ1) is 19.2. The fourth-order valence-electron chi connectivity index (χ4n) is 4.67. The number of ether oxygens (including phenoxy) is 2. The smallest absolute Gasteiger partial charge is 0.251 e. The van der Waals surface area contributed by atoms with Crippen LogP contribution in [0.15, 0.2) is 54.0 Å². The quantitative estimate of drug-likeness (QED) is 0.183. The minimum atomic E-state index is -1.06. The van der Waals surface area contributed by atoms with E-state index in [1.165, 1.54) is 28.5 Å². The van der Waals surface area contributed by atoms with E-state index >= 15 is 0 Å². The summed E-state index contributed by atoms with van der Waals surface area (Å²) in [7, 11) is 0. The van der Waals surface area contributed by atoms with Crippen LogP contribution in [0.25, 0.3) is 11.1 Å². The maximum Gasteiger partial charge on any atom is 0.251 e. The van der Waals surface area contributed by atoms with Gasteiger partial charge in [-0.2, -0.15) is 4.39 Å². The van der Waals surface area contributed by atoms with Crippen molar-refractivity contribution in [2.45, 2.75) is 24.8 Å². The highest BCUT2D eigenvalue weighted by atomic mass is 32.1. The highest BCUT2D eigenvalue weighted by molar-refractivity contribution is 7.10. The Bertz CT molecular complexity index is 1420. The SMILES string of the molecule is N=C(N)c1csc(CNC(=O)C2CC3(CN2C(=O)CNC(=O)c2ccc(-c4ccc(F)nc4)cc2)OCCO3)c1. The number of hydrogen-bond donors (Lipinski definition) is 4.